The number of hydrogen-bond acceptors (Lipinski definition) is 11. The summed E-state index contributed by atoms with van der Waals surface area (Å²) in [5.74, 6) is 3.33. The maximum Gasteiger partial charge on any atom is 0.246 e. The van der Waals surface area contributed by atoms with Gasteiger partial charge >= 0.3 is 0 Å². The van der Waals surface area contributed by atoms with Gasteiger partial charge in [-0.05, 0) is 44.4 Å². The van der Waals surface area contributed by atoms with Crippen LogP contribution in [0.5, 0.6) is 17.2 Å². The third-order valence-electron chi connectivity index (χ3n) is 7.39. The fourth-order valence-corrected chi connectivity index (χ4v) is 5.25. The molecule has 218 valence electrons. The summed E-state index contributed by atoms with van der Waals surface area (Å²) < 4.78 is 13.9. The van der Waals surface area contributed by atoms with Gasteiger partial charge in [0.15, 0.2) is 23.0 Å². The lowest BCUT2D eigenvalue weighted by Gasteiger charge is -2.39. The van der Waals surface area contributed by atoms with Crippen LogP contribution in [0.4, 0.5) is 17.3 Å². The zero-order valence-electron chi connectivity index (χ0n) is 23.8. The highest BCUT2D eigenvalue weighted by atomic mass is 16.5. The predicted octanol–water partition coefficient (Wildman–Crippen LogP) is 3.13. The summed E-state index contributed by atoms with van der Waals surface area (Å²) in [5, 5.41) is 7.48. The summed E-state index contributed by atoms with van der Waals surface area (Å²) in [4.78, 5) is 37.1. The van der Waals surface area contributed by atoms with Crippen molar-refractivity contribution in [2.45, 2.75) is 6.04 Å². The fourth-order valence-electron chi connectivity index (χ4n) is 5.25. The number of aromatic nitrogens is 6. The number of rotatable bonds is 7. The summed E-state index contributed by atoms with van der Waals surface area (Å²) in [7, 11) is 3.95. The van der Waals surface area contributed by atoms with Crippen molar-refractivity contribution in [3.05, 3.63) is 73.5 Å². The van der Waals surface area contributed by atoms with Crippen molar-refractivity contribution < 1.29 is 14.3 Å². The monoisotopic (exact) mass is 578 g/mol. The van der Waals surface area contributed by atoms with Crippen LogP contribution in [-0.4, -0.2) is 98.2 Å². The van der Waals surface area contributed by atoms with Crippen molar-refractivity contribution in [3.63, 3.8) is 0 Å². The molecular weight excluding hydrogens is 548 g/mol. The number of carbonyl (C=O) groups is 1. The average molecular weight is 579 g/mol. The van der Waals surface area contributed by atoms with Crippen LogP contribution in [0.1, 0.15) is 0 Å². The molecule has 1 N–H and O–H groups in total. The number of ether oxygens (including phenoxy) is 2. The minimum atomic E-state index is -0.0785. The van der Waals surface area contributed by atoms with E-state index in [0.29, 0.717) is 72.5 Å². The van der Waals surface area contributed by atoms with Gasteiger partial charge in [0.05, 0.1) is 11.6 Å². The van der Waals surface area contributed by atoms with Crippen LogP contribution >= 0.6 is 0 Å². The third-order valence-corrected chi connectivity index (χ3v) is 7.39. The van der Waals surface area contributed by atoms with Gasteiger partial charge in [-0.2, -0.15) is 5.10 Å². The molecule has 1 saturated heterocycles. The highest BCUT2D eigenvalue weighted by molar-refractivity contribution is 5.90. The Balaban J connectivity index is 1.08. The van der Waals surface area contributed by atoms with Crippen molar-refractivity contribution >= 4 is 39.9 Å². The van der Waals surface area contributed by atoms with Crippen molar-refractivity contribution in [2.75, 3.05) is 57.1 Å². The lowest BCUT2D eigenvalue weighted by molar-refractivity contribution is -0.129. The Morgan fingerprint density at radius 3 is 2.84 bits per heavy atom. The topological polar surface area (TPSA) is 126 Å². The summed E-state index contributed by atoms with van der Waals surface area (Å²) in [5.41, 5.74) is 2.83. The van der Waals surface area contributed by atoms with Crippen LogP contribution < -0.4 is 19.7 Å². The molecule has 0 radical (unpaired) electrons. The number of benzene rings is 1. The molecule has 1 amide bonds. The smallest absolute Gasteiger partial charge is 0.246 e. The first-order valence-electron chi connectivity index (χ1n) is 14.0. The number of hydrogen-bond donors (Lipinski definition) is 1. The van der Waals surface area contributed by atoms with Gasteiger partial charge in [-0.1, -0.05) is 6.08 Å². The van der Waals surface area contributed by atoms with E-state index >= 15 is 0 Å². The van der Waals surface area contributed by atoms with Gasteiger partial charge in [-0.25, -0.2) is 24.5 Å². The number of pyridine rings is 2. The van der Waals surface area contributed by atoms with E-state index in [1.165, 1.54) is 12.7 Å². The molecule has 0 unspecified atom stereocenters. The number of likely N-dealkylation sites (N-methyl/N-ethyl adjacent to an activating group) is 1. The summed E-state index contributed by atoms with van der Waals surface area (Å²) in [6.45, 7) is 2.99. The zero-order valence-corrected chi connectivity index (χ0v) is 23.8. The van der Waals surface area contributed by atoms with Gasteiger partial charge in [-0.15, -0.1) is 0 Å². The van der Waals surface area contributed by atoms with E-state index in [4.69, 9.17) is 14.5 Å². The predicted molar refractivity (Wildman–Crippen MR) is 161 cm³/mol. The van der Waals surface area contributed by atoms with E-state index < -0.39 is 0 Å². The maximum atomic E-state index is 12.9. The van der Waals surface area contributed by atoms with E-state index in [-0.39, 0.29) is 11.9 Å². The summed E-state index contributed by atoms with van der Waals surface area (Å²) in [6, 6.07) is 13.1. The van der Waals surface area contributed by atoms with Crippen LogP contribution in [0.25, 0.3) is 16.7 Å². The number of carbonyl (C=O) groups excluding carboxylic acids is 1. The molecule has 6 heterocycles. The first-order chi connectivity index (χ1) is 21.0. The van der Waals surface area contributed by atoms with Crippen LogP contribution in [0.2, 0.25) is 0 Å². The lowest BCUT2D eigenvalue weighted by atomic mass is 10.1. The molecule has 1 aromatic carbocycles. The number of nitrogens with one attached hydrogen (secondary N) is 1. The highest BCUT2D eigenvalue weighted by Crippen LogP contribution is 2.36. The average Bonchev–Trinajstić information content (AvgIpc) is 3.43. The molecule has 0 aliphatic carbocycles. The molecular formula is C30H30N10O3. The number of amides is 1. The van der Waals surface area contributed by atoms with Crippen LogP contribution in [0.15, 0.2) is 73.5 Å². The first kappa shape index (κ1) is 26.6. The minimum Gasteiger partial charge on any atom is -0.487 e. The molecule has 13 heteroatoms. The van der Waals surface area contributed by atoms with Gasteiger partial charge in [0.25, 0.3) is 0 Å². The molecule has 43 heavy (non-hydrogen) atoms. The Morgan fingerprint density at radius 2 is 1.98 bits per heavy atom. The normalized spacial score (nSPS) is 16.4. The van der Waals surface area contributed by atoms with Crippen molar-refractivity contribution in [2.24, 2.45) is 0 Å². The van der Waals surface area contributed by atoms with E-state index in [1.807, 2.05) is 72.4 Å². The lowest BCUT2D eigenvalue weighted by Crippen LogP contribution is -2.56. The molecule has 1 fully saturated rings. The Bertz CT molecular complexity index is 1820. The molecule has 1 atom stereocenters. The van der Waals surface area contributed by atoms with Crippen molar-refractivity contribution in [1.82, 2.24) is 39.3 Å². The van der Waals surface area contributed by atoms with Gasteiger partial charge in [0.1, 0.15) is 36.3 Å². The Labute approximate surface area is 247 Å². The molecule has 0 saturated carbocycles. The van der Waals surface area contributed by atoms with E-state index in [2.05, 4.69) is 30.3 Å². The fraction of sp³-hybridized carbons (Fsp3) is 0.267. The van der Waals surface area contributed by atoms with Crippen LogP contribution in [0.3, 0.4) is 0 Å². The summed E-state index contributed by atoms with van der Waals surface area (Å²) >= 11 is 0. The second-order valence-corrected chi connectivity index (χ2v) is 10.7. The molecule has 5 aromatic rings. The Morgan fingerprint density at radius 1 is 1.09 bits per heavy atom. The van der Waals surface area contributed by atoms with E-state index in [9.17, 15) is 4.79 Å². The second-order valence-electron chi connectivity index (χ2n) is 10.7. The molecule has 4 aromatic heterocycles. The van der Waals surface area contributed by atoms with Crippen molar-refractivity contribution in [3.8, 4) is 17.2 Å². The van der Waals surface area contributed by atoms with Crippen LogP contribution in [0, 0.1) is 0 Å². The third kappa shape index (κ3) is 5.49. The van der Waals surface area contributed by atoms with Gasteiger partial charge in [0, 0.05) is 56.3 Å². The molecule has 2 bridgehead atoms. The Kier molecular flexibility index (Phi) is 6.91. The minimum absolute atomic E-state index is 0.00402. The van der Waals surface area contributed by atoms with E-state index in [1.54, 1.807) is 16.8 Å². The molecule has 2 aliphatic heterocycles. The quantitative estimate of drug-likeness (QED) is 0.286. The van der Waals surface area contributed by atoms with Gasteiger partial charge in [0.2, 0.25) is 5.91 Å². The largest absolute Gasteiger partial charge is 0.487 e. The number of nitrogens with zero attached hydrogens (tertiary/aromatic N) is 9. The number of fused-ring (bicyclic) bond motifs is 6. The SMILES string of the molecule is CN(C)C/C=C/C(=O)N1CCN2C[C@@H]1COc1cc3ncnc(Nc4ccc(Oc5ccn6ncnc6c5)cc4)c3nc12. The Hall–Kier alpha value is -5.30. The standard InChI is InChI=1S/C30H30N10O3/c1-37(2)10-3-4-27(41)39-13-12-38-16-21(39)17-42-25-15-24-28(36-30(25)38)29(33-18-31-24)35-20-5-7-22(8-6-20)43-23-9-11-40-26(14-23)32-19-34-40/h3-9,11,14-15,18-19,21H,10,12-13,16-17H2,1-2H3,(H,31,33,35)/b4-3+/t21-/m1/s1. The molecule has 2 aliphatic rings. The number of anilines is 3. The highest BCUT2D eigenvalue weighted by Gasteiger charge is 2.35. The van der Waals surface area contributed by atoms with Crippen LogP contribution in [-0.2, 0) is 4.79 Å². The van der Waals surface area contributed by atoms with Crippen molar-refractivity contribution in [1.29, 1.82) is 0 Å². The van der Waals surface area contributed by atoms with Gasteiger partial charge < -0.3 is 29.5 Å². The first-order valence-corrected chi connectivity index (χ1v) is 14.0. The van der Waals surface area contributed by atoms with Gasteiger partial charge in [-0.3, -0.25) is 4.79 Å². The zero-order chi connectivity index (χ0) is 29.3. The molecule has 13 nitrogen and oxygen atoms in total. The summed E-state index contributed by atoms with van der Waals surface area (Å²) in [6.07, 6.45) is 8.36. The van der Waals surface area contributed by atoms with E-state index in [0.717, 1.165) is 11.5 Å². The molecule has 7 rings (SSSR count). The second kappa shape index (κ2) is 11.2. The maximum absolute atomic E-state index is 12.9. The molecule has 0 spiro atoms. The number of piperazine rings is 1.